The number of hydrogen-bond acceptors (Lipinski definition) is 7. The Bertz CT molecular complexity index is 1110. The van der Waals surface area contributed by atoms with Gasteiger partial charge in [0.2, 0.25) is 5.82 Å². The zero-order chi connectivity index (χ0) is 20.5. The van der Waals surface area contributed by atoms with E-state index in [2.05, 4.69) is 26.0 Å². The van der Waals surface area contributed by atoms with E-state index >= 15 is 0 Å². The van der Waals surface area contributed by atoms with Gasteiger partial charge >= 0.3 is 5.69 Å². The second kappa shape index (κ2) is 9.65. The van der Waals surface area contributed by atoms with Gasteiger partial charge in [0.05, 0.1) is 12.8 Å². The summed E-state index contributed by atoms with van der Waals surface area (Å²) in [6.45, 7) is 0.147. The van der Waals surface area contributed by atoms with Crippen LogP contribution in [0.2, 0.25) is 0 Å². The number of carbonyl (C=O) groups excluding carboxylic acids is 1. The van der Waals surface area contributed by atoms with Gasteiger partial charge < -0.3 is 10.1 Å². The van der Waals surface area contributed by atoms with Crippen molar-refractivity contribution < 1.29 is 9.53 Å². The Morgan fingerprint density at radius 3 is 2.66 bits per heavy atom. The number of benzene rings is 2. The maximum atomic E-state index is 11.8. The third-order valence-corrected chi connectivity index (χ3v) is 3.68. The molecule has 0 spiro atoms. The third-order valence-electron chi connectivity index (χ3n) is 3.68. The van der Waals surface area contributed by atoms with Crippen LogP contribution in [0.3, 0.4) is 0 Å². The van der Waals surface area contributed by atoms with Crippen LogP contribution in [0.1, 0.15) is 11.1 Å². The van der Waals surface area contributed by atoms with Gasteiger partial charge in [-0.3, -0.25) is 14.6 Å². The Morgan fingerprint density at radius 2 is 1.86 bits per heavy atom. The minimum absolute atomic E-state index is 0.177. The summed E-state index contributed by atoms with van der Waals surface area (Å²) in [6.07, 6.45) is 1.46. The Kier molecular flexibility index (Phi) is 6.50. The van der Waals surface area contributed by atoms with Crippen molar-refractivity contribution in [1.82, 2.24) is 20.6 Å². The maximum absolute atomic E-state index is 11.8. The number of amides is 1. The van der Waals surface area contributed by atoms with Gasteiger partial charge in [-0.1, -0.05) is 42.5 Å². The summed E-state index contributed by atoms with van der Waals surface area (Å²) in [7, 11) is 0. The Morgan fingerprint density at radius 1 is 1.10 bits per heavy atom. The number of rotatable bonds is 8. The van der Waals surface area contributed by atoms with Gasteiger partial charge in [0.25, 0.3) is 11.5 Å². The molecule has 0 saturated carbocycles. The molecule has 1 heterocycles. The van der Waals surface area contributed by atoms with Gasteiger partial charge in [-0.2, -0.15) is 5.10 Å². The lowest BCUT2D eigenvalue weighted by Crippen LogP contribution is -2.31. The molecule has 0 aliphatic heterocycles. The highest BCUT2D eigenvalue weighted by molar-refractivity contribution is 5.86. The molecule has 0 bridgehead atoms. The van der Waals surface area contributed by atoms with Gasteiger partial charge in [-0.25, -0.2) is 15.3 Å². The predicted octanol–water partition coefficient (Wildman–Crippen LogP) is 0.599. The fourth-order valence-corrected chi connectivity index (χ4v) is 2.30. The number of anilines is 1. The second-order valence-electron chi connectivity index (χ2n) is 5.81. The number of nitrogens with zero attached hydrogens (tertiary/aromatic N) is 2. The number of nitrogens with one attached hydrogen (secondary N) is 4. The molecule has 3 rings (SSSR count). The molecule has 3 aromatic rings. The summed E-state index contributed by atoms with van der Waals surface area (Å²) in [6, 6.07) is 17.0. The maximum Gasteiger partial charge on any atom is 0.342 e. The SMILES string of the molecule is O=C(CNc1n[nH]c(=O)[nH]c1=O)N/N=C\c1ccccc1OCc1ccccc1. The lowest BCUT2D eigenvalue weighted by Gasteiger charge is -2.09. The Balaban J connectivity index is 1.53. The number of hydrazone groups is 1. The van der Waals surface area contributed by atoms with E-state index in [0.29, 0.717) is 17.9 Å². The van der Waals surface area contributed by atoms with Crippen LogP contribution in [-0.2, 0) is 11.4 Å². The first-order chi connectivity index (χ1) is 14.1. The molecule has 0 saturated heterocycles. The first-order valence-corrected chi connectivity index (χ1v) is 8.62. The van der Waals surface area contributed by atoms with Gasteiger partial charge in [0.15, 0.2) is 0 Å². The lowest BCUT2D eigenvalue weighted by atomic mass is 10.2. The molecular weight excluding hydrogens is 376 g/mol. The van der Waals surface area contributed by atoms with Crippen molar-refractivity contribution >= 4 is 17.9 Å². The number of carbonyl (C=O) groups is 1. The molecule has 1 aromatic heterocycles. The van der Waals surface area contributed by atoms with E-state index in [1.165, 1.54) is 6.21 Å². The van der Waals surface area contributed by atoms with E-state index in [-0.39, 0.29) is 12.4 Å². The molecule has 29 heavy (non-hydrogen) atoms. The fraction of sp³-hybridized carbons (Fsp3) is 0.105. The minimum atomic E-state index is -0.734. The van der Waals surface area contributed by atoms with Crippen molar-refractivity contribution in [3.05, 3.63) is 86.6 Å². The Hall–Kier alpha value is -4.21. The van der Waals surface area contributed by atoms with Crippen molar-refractivity contribution in [2.45, 2.75) is 6.61 Å². The van der Waals surface area contributed by atoms with Gasteiger partial charge in [-0.05, 0) is 17.7 Å². The molecule has 10 heteroatoms. The standard InChI is InChI=1S/C19H18N6O4/c26-16(11-20-17-18(27)22-19(28)25-24-17)23-21-10-14-8-4-5-9-15(14)29-12-13-6-2-1-3-7-13/h1-10H,11-12H2,(H,20,24)(H,23,26)(H2,22,25,27,28)/b21-10-. The van der Waals surface area contributed by atoms with E-state index < -0.39 is 17.2 Å². The first kappa shape index (κ1) is 19.5. The van der Waals surface area contributed by atoms with Gasteiger partial charge in [-0.15, -0.1) is 5.10 Å². The summed E-state index contributed by atoms with van der Waals surface area (Å²) in [5.41, 5.74) is 2.60. The summed E-state index contributed by atoms with van der Waals surface area (Å²) < 4.78 is 5.82. The molecule has 0 aliphatic rings. The molecular formula is C19H18N6O4. The highest BCUT2D eigenvalue weighted by Crippen LogP contribution is 2.17. The largest absolute Gasteiger partial charge is 0.488 e. The second-order valence-corrected chi connectivity index (χ2v) is 5.81. The average molecular weight is 394 g/mol. The van der Waals surface area contributed by atoms with Crippen LogP contribution >= 0.6 is 0 Å². The smallest absolute Gasteiger partial charge is 0.342 e. The van der Waals surface area contributed by atoms with Crippen LogP contribution in [0.4, 0.5) is 5.82 Å². The molecule has 0 aliphatic carbocycles. The highest BCUT2D eigenvalue weighted by atomic mass is 16.5. The third kappa shape index (κ3) is 5.89. The summed E-state index contributed by atoms with van der Waals surface area (Å²) in [5.74, 6) is -0.0591. The number of ether oxygens (including phenoxy) is 1. The molecule has 0 unspecified atom stereocenters. The molecule has 4 N–H and O–H groups in total. The van der Waals surface area contributed by atoms with Crippen LogP contribution in [0, 0.1) is 0 Å². The summed E-state index contributed by atoms with van der Waals surface area (Å²) >= 11 is 0. The van der Waals surface area contributed by atoms with Crippen LogP contribution in [0.5, 0.6) is 5.75 Å². The summed E-state index contributed by atoms with van der Waals surface area (Å²) in [5, 5.41) is 12.0. The summed E-state index contributed by atoms with van der Waals surface area (Å²) in [4.78, 5) is 36.2. The van der Waals surface area contributed by atoms with Crippen molar-refractivity contribution in [3.8, 4) is 5.75 Å². The van der Waals surface area contributed by atoms with Crippen molar-refractivity contribution in [2.75, 3.05) is 11.9 Å². The van der Waals surface area contributed by atoms with E-state index in [1.807, 2.05) is 53.5 Å². The average Bonchev–Trinajstić information content (AvgIpc) is 2.73. The normalized spacial score (nSPS) is 10.6. The van der Waals surface area contributed by atoms with Crippen LogP contribution in [0.25, 0.3) is 0 Å². The zero-order valence-corrected chi connectivity index (χ0v) is 15.2. The van der Waals surface area contributed by atoms with Crippen molar-refractivity contribution in [3.63, 3.8) is 0 Å². The molecule has 2 aromatic carbocycles. The van der Waals surface area contributed by atoms with Gasteiger partial charge in [0.1, 0.15) is 12.4 Å². The highest BCUT2D eigenvalue weighted by Gasteiger charge is 2.05. The molecule has 0 fully saturated rings. The van der Waals surface area contributed by atoms with Crippen molar-refractivity contribution in [1.29, 1.82) is 0 Å². The Labute approximate surface area is 164 Å². The minimum Gasteiger partial charge on any atom is -0.488 e. The number of aromatic amines is 2. The number of hydrogen-bond donors (Lipinski definition) is 4. The van der Waals surface area contributed by atoms with E-state index in [1.54, 1.807) is 6.07 Å². The quantitative estimate of drug-likeness (QED) is 0.326. The molecule has 148 valence electrons. The fourth-order valence-electron chi connectivity index (χ4n) is 2.30. The zero-order valence-electron chi connectivity index (χ0n) is 15.2. The van der Waals surface area contributed by atoms with Crippen molar-refractivity contribution in [2.24, 2.45) is 5.10 Å². The topological polar surface area (TPSA) is 141 Å². The number of H-pyrrole nitrogens is 2. The van der Waals surface area contributed by atoms with Crippen LogP contribution in [-0.4, -0.2) is 33.8 Å². The number of para-hydroxylation sites is 1. The van der Waals surface area contributed by atoms with Crippen LogP contribution < -0.4 is 26.7 Å². The molecule has 0 atom stereocenters. The lowest BCUT2D eigenvalue weighted by molar-refractivity contribution is -0.119. The first-order valence-electron chi connectivity index (χ1n) is 8.62. The van der Waals surface area contributed by atoms with Crippen LogP contribution in [0.15, 0.2) is 69.3 Å². The number of aromatic nitrogens is 3. The monoisotopic (exact) mass is 394 g/mol. The van der Waals surface area contributed by atoms with E-state index in [0.717, 1.165) is 5.56 Å². The molecule has 0 radical (unpaired) electrons. The molecule has 10 nitrogen and oxygen atoms in total. The predicted molar refractivity (Wildman–Crippen MR) is 107 cm³/mol. The van der Waals surface area contributed by atoms with E-state index in [9.17, 15) is 14.4 Å². The molecule has 1 amide bonds. The van der Waals surface area contributed by atoms with Gasteiger partial charge in [0, 0.05) is 5.56 Å². The van der Waals surface area contributed by atoms with E-state index in [4.69, 9.17) is 4.74 Å².